The van der Waals surface area contributed by atoms with Gasteiger partial charge >= 0.3 is 0 Å². The Hall–Kier alpha value is -0.330. The number of nitrogens with zero attached hydrogens (tertiary/aromatic N) is 2. The molecule has 0 rings (SSSR count). The molecule has 0 aromatic carbocycles. The van der Waals surface area contributed by atoms with Crippen LogP contribution in [0.15, 0.2) is 11.1 Å². The lowest BCUT2D eigenvalue weighted by atomic mass is 10.5. The normalized spacial score (nSPS) is 9.11. The summed E-state index contributed by atoms with van der Waals surface area (Å²) in [7, 11) is 1.87. The highest BCUT2D eigenvalue weighted by molar-refractivity contribution is 9.11. The van der Waals surface area contributed by atoms with E-state index in [4.69, 9.17) is 5.26 Å². The van der Waals surface area contributed by atoms with Gasteiger partial charge in [0.2, 0.25) is 0 Å². The molecule has 0 saturated carbocycles. The fourth-order valence-electron chi connectivity index (χ4n) is 0.469. The maximum absolute atomic E-state index is 8.21. The number of hydrogen-bond donors (Lipinski definition) is 0. The van der Waals surface area contributed by atoms with Crippen molar-refractivity contribution in [3.05, 3.63) is 11.1 Å². The maximum atomic E-state index is 8.21. The highest BCUT2D eigenvalue weighted by atomic mass is 79.9. The van der Waals surface area contributed by atoms with E-state index in [1.54, 1.807) is 0 Å². The van der Waals surface area contributed by atoms with Crippen molar-refractivity contribution < 1.29 is 0 Å². The summed E-state index contributed by atoms with van der Waals surface area (Å²) in [5, 5.41) is 8.21. The molecule has 0 aromatic rings. The molecule has 0 bridgehead atoms. The maximum Gasteiger partial charge on any atom is 0.0866 e. The quantitative estimate of drug-likeness (QED) is 0.626. The van der Waals surface area contributed by atoms with Gasteiger partial charge in [0.25, 0.3) is 0 Å². The van der Waals surface area contributed by atoms with Crippen LogP contribution >= 0.6 is 15.9 Å². The van der Waals surface area contributed by atoms with Crippen LogP contribution in [0, 0.1) is 11.3 Å². The zero-order valence-corrected chi connectivity index (χ0v) is 6.98. The van der Waals surface area contributed by atoms with Crippen molar-refractivity contribution in [2.75, 3.05) is 20.1 Å². The Balaban J connectivity index is 3.40. The monoisotopic (exact) mass is 188 g/mol. The molecule has 0 unspecified atom stereocenters. The molecule has 0 aliphatic rings. The Kier molecular flexibility index (Phi) is 4.37. The topological polar surface area (TPSA) is 27.0 Å². The molecule has 0 amide bonds. The summed E-state index contributed by atoms with van der Waals surface area (Å²) in [5.74, 6) is 0. The molecule has 0 radical (unpaired) electrons. The smallest absolute Gasteiger partial charge is 0.0866 e. The molecule has 0 fully saturated rings. The molecule has 3 heteroatoms. The van der Waals surface area contributed by atoms with Gasteiger partial charge in [0.15, 0.2) is 0 Å². The minimum absolute atomic E-state index is 0.449. The fraction of sp³-hybridized carbons (Fsp3) is 0.500. The van der Waals surface area contributed by atoms with E-state index < -0.39 is 0 Å². The van der Waals surface area contributed by atoms with Gasteiger partial charge < -0.3 is 0 Å². The summed E-state index contributed by atoms with van der Waals surface area (Å²) in [4.78, 5) is 1.87. The molecule has 0 spiro atoms. The van der Waals surface area contributed by atoms with Crippen LogP contribution in [0.2, 0.25) is 0 Å². The zero-order valence-electron chi connectivity index (χ0n) is 5.39. The Morgan fingerprint density at radius 1 is 1.89 bits per heavy atom. The van der Waals surface area contributed by atoms with Crippen LogP contribution < -0.4 is 0 Å². The predicted octanol–water partition coefficient (Wildman–Crippen LogP) is 1.35. The van der Waals surface area contributed by atoms with Gasteiger partial charge in [-0.2, -0.15) is 5.26 Å². The Labute approximate surface area is 63.9 Å². The minimum atomic E-state index is 0.449. The molecular weight excluding hydrogens is 180 g/mol. The Morgan fingerprint density at radius 2 is 2.44 bits per heavy atom. The lowest BCUT2D eigenvalue weighted by molar-refractivity contribution is 0.415. The highest BCUT2D eigenvalue weighted by Crippen LogP contribution is 2.00. The van der Waals surface area contributed by atoms with Gasteiger partial charge in [0, 0.05) is 11.0 Å². The van der Waals surface area contributed by atoms with E-state index >= 15 is 0 Å². The van der Waals surface area contributed by atoms with E-state index in [0.29, 0.717) is 6.54 Å². The molecule has 9 heavy (non-hydrogen) atoms. The summed E-state index contributed by atoms with van der Waals surface area (Å²) < 4.78 is 0.903. The first-order chi connectivity index (χ1) is 4.16. The molecule has 0 aromatic heterocycles. The SMILES string of the molecule is C=C(Br)CN(C)CC#N. The first kappa shape index (κ1) is 8.67. The van der Waals surface area contributed by atoms with Gasteiger partial charge in [-0.15, -0.1) is 0 Å². The van der Waals surface area contributed by atoms with Crippen molar-refractivity contribution in [3.63, 3.8) is 0 Å². The molecule has 0 aliphatic heterocycles. The van der Waals surface area contributed by atoms with Crippen molar-refractivity contribution >= 4 is 15.9 Å². The molecule has 0 heterocycles. The Bertz CT molecular complexity index is 136. The Morgan fingerprint density at radius 3 is 2.78 bits per heavy atom. The first-order valence-electron chi connectivity index (χ1n) is 2.55. The minimum Gasteiger partial charge on any atom is -0.289 e. The lowest BCUT2D eigenvalue weighted by Crippen LogP contribution is -2.19. The second-order valence-corrected chi connectivity index (χ2v) is 2.97. The molecule has 0 N–H and O–H groups in total. The van der Waals surface area contributed by atoms with Crippen LogP contribution in [-0.2, 0) is 0 Å². The van der Waals surface area contributed by atoms with Gasteiger partial charge in [0.05, 0.1) is 12.6 Å². The highest BCUT2D eigenvalue weighted by Gasteiger charge is 1.95. The van der Waals surface area contributed by atoms with Crippen molar-refractivity contribution in [1.29, 1.82) is 5.26 Å². The molecule has 50 valence electrons. The predicted molar refractivity (Wildman–Crippen MR) is 41.2 cm³/mol. The van der Waals surface area contributed by atoms with E-state index in [2.05, 4.69) is 22.5 Å². The van der Waals surface area contributed by atoms with E-state index in [0.717, 1.165) is 11.0 Å². The van der Waals surface area contributed by atoms with Gasteiger partial charge in [0.1, 0.15) is 0 Å². The zero-order chi connectivity index (χ0) is 7.28. The number of hydrogen-bond acceptors (Lipinski definition) is 2. The standard InChI is InChI=1S/C6H9BrN2/c1-6(7)5-9(2)4-3-8/h1,4-5H2,2H3. The average molecular weight is 189 g/mol. The van der Waals surface area contributed by atoms with Crippen LogP contribution in [0.4, 0.5) is 0 Å². The van der Waals surface area contributed by atoms with Gasteiger partial charge in [-0.1, -0.05) is 22.5 Å². The summed E-state index contributed by atoms with van der Waals surface area (Å²) in [5.41, 5.74) is 0. The summed E-state index contributed by atoms with van der Waals surface area (Å²) in [6.45, 7) is 4.82. The second-order valence-electron chi connectivity index (χ2n) is 1.85. The van der Waals surface area contributed by atoms with Crippen LogP contribution in [0.1, 0.15) is 0 Å². The van der Waals surface area contributed by atoms with Crippen molar-refractivity contribution in [2.45, 2.75) is 0 Å². The second kappa shape index (κ2) is 4.54. The van der Waals surface area contributed by atoms with Crippen LogP contribution in [0.3, 0.4) is 0 Å². The third-order valence-electron chi connectivity index (χ3n) is 0.782. The number of halogens is 1. The third kappa shape index (κ3) is 5.54. The van der Waals surface area contributed by atoms with Gasteiger partial charge in [-0.25, -0.2) is 0 Å². The average Bonchev–Trinajstić information content (AvgIpc) is 1.63. The fourth-order valence-corrected chi connectivity index (χ4v) is 0.898. The largest absolute Gasteiger partial charge is 0.289 e. The van der Waals surface area contributed by atoms with E-state index in [1.165, 1.54) is 0 Å². The molecule has 0 saturated heterocycles. The molecular formula is C6H9BrN2. The van der Waals surface area contributed by atoms with Crippen molar-refractivity contribution in [3.8, 4) is 6.07 Å². The van der Waals surface area contributed by atoms with Crippen LogP contribution in [0.5, 0.6) is 0 Å². The van der Waals surface area contributed by atoms with Gasteiger partial charge in [-0.05, 0) is 7.05 Å². The molecule has 2 nitrogen and oxygen atoms in total. The van der Waals surface area contributed by atoms with Crippen LogP contribution in [-0.4, -0.2) is 25.0 Å². The number of nitriles is 1. The lowest BCUT2D eigenvalue weighted by Gasteiger charge is -2.09. The van der Waals surface area contributed by atoms with Crippen molar-refractivity contribution in [2.24, 2.45) is 0 Å². The van der Waals surface area contributed by atoms with Crippen LogP contribution in [0.25, 0.3) is 0 Å². The summed E-state index contributed by atoms with van der Waals surface area (Å²) in [6.07, 6.45) is 0. The molecule has 0 atom stereocenters. The number of likely N-dealkylation sites (N-methyl/N-ethyl adjacent to an activating group) is 1. The van der Waals surface area contributed by atoms with E-state index in [1.807, 2.05) is 18.0 Å². The first-order valence-corrected chi connectivity index (χ1v) is 3.35. The molecule has 0 aliphatic carbocycles. The van der Waals surface area contributed by atoms with E-state index in [-0.39, 0.29) is 0 Å². The van der Waals surface area contributed by atoms with Crippen molar-refractivity contribution in [1.82, 2.24) is 4.90 Å². The van der Waals surface area contributed by atoms with E-state index in [9.17, 15) is 0 Å². The summed E-state index contributed by atoms with van der Waals surface area (Å²) >= 11 is 3.20. The van der Waals surface area contributed by atoms with Gasteiger partial charge in [-0.3, -0.25) is 4.90 Å². The summed E-state index contributed by atoms with van der Waals surface area (Å²) in [6, 6.07) is 2.04. The number of rotatable bonds is 3. The third-order valence-corrected chi connectivity index (χ3v) is 1.03.